The summed E-state index contributed by atoms with van der Waals surface area (Å²) in [5.74, 6) is -3.04. The largest absolute Gasteiger partial charge is 0.478 e. The number of ketones is 2. The molecule has 4 rings (SSSR count). The minimum Gasteiger partial charge on any atom is -0.478 e. The highest BCUT2D eigenvalue weighted by Gasteiger charge is 2.33. The summed E-state index contributed by atoms with van der Waals surface area (Å²) in [5.41, 5.74) is 1.41. The second-order valence-electron chi connectivity index (χ2n) is 6.52. The molecule has 0 radical (unpaired) electrons. The van der Waals surface area contributed by atoms with Crippen molar-refractivity contribution in [1.29, 1.82) is 0 Å². The Morgan fingerprint density at radius 2 is 1.31 bits per heavy atom. The van der Waals surface area contributed by atoms with Crippen molar-refractivity contribution in [2.24, 2.45) is 0 Å². The van der Waals surface area contributed by atoms with Gasteiger partial charge in [0, 0.05) is 11.1 Å². The van der Waals surface area contributed by atoms with Crippen LogP contribution in [-0.4, -0.2) is 32.6 Å². The van der Waals surface area contributed by atoms with Gasteiger partial charge in [0.25, 0.3) is 0 Å². The number of Topliss-reactive ketones (excluding diaryl/α,β-unsaturated/α-hetero) is 2. The van der Waals surface area contributed by atoms with Crippen LogP contribution in [0.4, 0.5) is 0 Å². The Kier molecular flexibility index (Phi) is 4.75. The number of nitrogens with zero attached hydrogens (tertiary/aromatic N) is 1. The Hall–Kier alpha value is -4.06. The van der Waals surface area contributed by atoms with Crippen LogP contribution in [0.1, 0.15) is 42.8 Å². The van der Waals surface area contributed by atoms with Crippen LogP contribution in [0, 0.1) is 0 Å². The third-order valence-corrected chi connectivity index (χ3v) is 4.68. The molecule has 0 unspecified atom stereocenters. The number of carbonyl (C=O) groups is 3. The first-order valence-corrected chi connectivity index (χ1v) is 8.96. The Morgan fingerprint density at radius 1 is 0.759 bits per heavy atom. The lowest BCUT2D eigenvalue weighted by molar-refractivity contribution is 0.0698. The molecule has 4 aromatic rings. The molecule has 0 spiro atoms. The second-order valence-corrected chi connectivity index (χ2v) is 6.52. The van der Waals surface area contributed by atoms with Crippen molar-refractivity contribution in [3.63, 3.8) is 0 Å². The van der Waals surface area contributed by atoms with Crippen LogP contribution in [0.15, 0.2) is 78.9 Å². The van der Waals surface area contributed by atoms with E-state index in [0.29, 0.717) is 16.6 Å². The van der Waals surface area contributed by atoms with Crippen LogP contribution in [0.25, 0.3) is 11.0 Å². The number of fused-ring (bicyclic) bond motifs is 1. The van der Waals surface area contributed by atoms with Crippen molar-refractivity contribution in [2.75, 3.05) is 0 Å². The van der Waals surface area contributed by atoms with E-state index in [0.717, 1.165) is 0 Å². The number of H-pyrrole nitrogens is 1. The van der Waals surface area contributed by atoms with Gasteiger partial charge in [-0.2, -0.15) is 0 Å². The Labute approximate surface area is 165 Å². The molecule has 0 aliphatic rings. The molecule has 0 atom stereocenters. The van der Waals surface area contributed by atoms with E-state index in [4.69, 9.17) is 0 Å². The molecule has 6 nitrogen and oxygen atoms in total. The van der Waals surface area contributed by atoms with Crippen molar-refractivity contribution >= 4 is 28.6 Å². The van der Waals surface area contributed by atoms with E-state index in [1.54, 1.807) is 72.8 Å². The van der Waals surface area contributed by atoms with Gasteiger partial charge in [-0.15, -0.1) is 0 Å². The predicted octanol–water partition coefficient (Wildman–Crippen LogP) is 4.11. The van der Waals surface area contributed by atoms with Crippen molar-refractivity contribution in [3.8, 4) is 0 Å². The number of carboxylic acid groups (broad SMARTS) is 1. The lowest BCUT2D eigenvalue weighted by Crippen LogP contribution is -2.23. The van der Waals surface area contributed by atoms with E-state index in [-0.39, 0.29) is 16.9 Å². The van der Waals surface area contributed by atoms with Gasteiger partial charge in [0.2, 0.25) is 0 Å². The summed E-state index contributed by atoms with van der Waals surface area (Å²) in [7, 11) is 0. The Morgan fingerprint density at radius 3 is 1.83 bits per heavy atom. The van der Waals surface area contributed by atoms with Crippen LogP contribution in [0.3, 0.4) is 0 Å². The van der Waals surface area contributed by atoms with Crippen molar-refractivity contribution in [2.45, 2.75) is 5.92 Å². The number of aromatic amines is 1. The third-order valence-electron chi connectivity index (χ3n) is 4.68. The summed E-state index contributed by atoms with van der Waals surface area (Å²) < 4.78 is 0. The summed E-state index contributed by atoms with van der Waals surface area (Å²) in [6, 6.07) is 21.7. The Balaban J connectivity index is 1.88. The molecule has 3 aromatic carbocycles. The lowest BCUT2D eigenvalue weighted by Gasteiger charge is -2.13. The number of rotatable bonds is 6. The van der Waals surface area contributed by atoms with Crippen LogP contribution in [0.2, 0.25) is 0 Å². The molecule has 142 valence electrons. The molecule has 6 heteroatoms. The van der Waals surface area contributed by atoms with Gasteiger partial charge in [-0.25, -0.2) is 9.78 Å². The quantitative estimate of drug-likeness (QED) is 0.385. The number of benzene rings is 3. The molecule has 0 aliphatic carbocycles. The van der Waals surface area contributed by atoms with Crippen LogP contribution < -0.4 is 0 Å². The van der Waals surface area contributed by atoms with Crippen LogP contribution >= 0.6 is 0 Å². The predicted molar refractivity (Wildman–Crippen MR) is 107 cm³/mol. The van der Waals surface area contributed by atoms with Crippen molar-refractivity contribution in [1.82, 2.24) is 9.97 Å². The van der Waals surface area contributed by atoms with E-state index < -0.39 is 23.5 Å². The molecule has 1 aromatic heterocycles. The smallest absolute Gasteiger partial charge is 0.337 e. The Bertz CT molecular complexity index is 1160. The number of imidazole rings is 1. The van der Waals surface area contributed by atoms with Gasteiger partial charge >= 0.3 is 5.97 Å². The first-order valence-electron chi connectivity index (χ1n) is 8.96. The summed E-state index contributed by atoms with van der Waals surface area (Å²) in [6.45, 7) is 0. The van der Waals surface area contributed by atoms with E-state index >= 15 is 0 Å². The molecule has 0 saturated heterocycles. The molecule has 0 bridgehead atoms. The highest BCUT2D eigenvalue weighted by molar-refractivity contribution is 6.20. The number of para-hydroxylation sites is 1. The van der Waals surface area contributed by atoms with Gasteiger partial charge in [0.15, 0.2) is 11.6 Å². The van der Waals surface area contributed by atoms with Gasteiger partial charge in [-0.05, 0) is 12.1 Å². The standard InChI is InChI=1S/C23H16N2O4/c26-20(14-8-3-1-4-9-14)18(21(27)15-10-5-2-6-11-15)22-24-17-13-7-12-16(23(28)29)19(17)25-22/h1-13,18H,(H,24,25)(H,28,29). The zero-order valence-electron chi connectivity index (χ0n) is 15.2. The van der Waals surface area contributed by atoms with E-state index in [9.17, 15) is 19.5 Å². The molecule has 29 heavy (non-hydrogen) atoms. The molecular formula is C23H16N2O4. The van der Waals surface area contributed by atoms with Gasteiger partial charge in [0.05, 0.1) is 11.1 Å². The van der Waals surface area contributed by atoms with E-state index in [2.05, 4.69) is 9.97 Å². The first-order chi connectivity index (χ1) is 14.1. The maximum absolute atomic E-state index is 13.3. The minimum absolute atomic E-state index is 0.00284. The summed E-state index contributed by atoms with van der Waals surface area (Å²) >= 11 is 0. The molecule has 0 saturated carbocycles. The summed E-state index contributed by atoms with van der Waals surface area (Å²) in [5, 5.41) is 9.42. The summed E-state index contributed by atoms with van der Waals surface area (Å²) in [6.07, 6.45) is 0. The van der Waals surface area contributed by atoms with Gasteiger partial charge in [-0.3, -0.25) is 9.59 Å². The molecule has 0 fully saturated rings. The fourth-order valence-corrected chi connectivity index (χ4v) is 3.27. The van der Waals surface area contributed by atoms with Crippen LogP contribution in [0.5, 0.6) is 0 Å². The monoisotopic (exact) mass is 384 g/mol. The summed E-state index contributed by atoms with van der Waals surface area (Å²) in [4.78, 5) is 45.4. The number of carboxylic acids is 1. The number of hydrogen-bond donors (Lipinski definition) is 2. The number of aromatic carboxylic acids is 1. The fourth-order valence-electron chi connectivity index (χ4n) is 3.27. The number of carbonyl (C=O) groups excluding carboxylic acids is 2. The maximum Gasteiger partial charge on any atom is 0.337 e. The number of hydrogen-bond acceptors (Lipinski definition) is 4. The molecule has 2 N–H and O–H groups in total. The van der Waals surface area contributed by atoms with Gasteiger partial charge in [0.1, 0.15) is 17.3 Å². The topological polar surface area (TPSA) is 100 Å². The van der Waals surface area contributed by atoms with Crippen molar-refractivity contribution in [3.05, 3.63) is 101 Å². The van der Waals surface area contributed by atoms with Crippen molar-refractivity contribution < 1.29 is 19.5 Å². The molecule has 0 amide bonds. The highest BCUT2D eigenvalue weighted by Crippen LogP contribution is 2.27. The average molecular weight is 384 g/mol. The van der Waals surface area contributed by atoms with E-state index in [1.807, 2.05) is 0 Å². The second kappa shape index (κ2) is 7.52. The number of nitrogens with one attached hydrogen (secondary N) is 1. The highest BCUT2D eigenvalue weighted by atomic mass is 16.4. The lowest BCUT2D eigenvalue weighted by atomic mass is 9.89. The molecule has 1 heterocycles. The molecular weight excluding hydrogens is 368 g/mol. The zero-order chi connectivity index (χ0) is 20.4. The van der Waals surface area contributed by atoms with E-state index in [1.165, 1.54) is 6.07 Å². The van der Waals surface area contributed by atoms with Crippen LogP contribution in [-0.2, 0) is 0 Å². The fraction of sp³-hybridized carbons (Fsp3) is 0.0435. The normalized spacial score (nSPS) is 10.9. The zero-order valence-corrected chi connectivity index (χ0v) is 15.2. The SMILES string of the molecule is O=C(O)c1cccc2[nH]c(C(C(=O)c3ccccc3)C(=O)c3ccccc3)nc12. The average Bonchev–Trinajstić information content (AvgIpc) is 3.18. The number of aromatic nitrogens is 2. The molecule has 0 aliphatic heterocycles. The third kappa shape index (κ3) is 3.43. The first kappa shape index (κ1) is 18.3. The van der Waals surface area contributed by atoms with Gasteiger partial charge < -0.3 is 10.1 Å². The minimum atomic E-state index is -1.21. The van der Waals surface area contributed by atoms with Gasteiger partial charge in [-0.1, -0.05) is 66.7 Å². The maximum atomic E-state index is 13.3.